The van der Waals surface area contributed by atoms with Gasteiger partial charge in [-0.2, -0.15) is 5.10 Å². The van der Waals surface area contributed by atoms with E-state index in [2.05, 4.69) is 17.3 Å². The van der Waals surface area contributed by atoms with Crippen molar-refractivity contribution in [3.05, 3.63) is 30.5 Å². The Labute approximate surface area is 141 Å². The third-order valence-electron chi connectivity index (χ3n) is 3.45. The van der Waals surface area contributed by atoms with Crippen molar-refractivity contribution in [1.82, 2.24) is 9.78 Å². The van der Waals surface area contributed by atoms with Gasteiger partial charge in [0.1, 0.15) is 12.4 Å². The van der Waals surface area contributed by atoms with Gasteiger partial charge in [-0.05, 0) is 30.7 Å². The monoisotopic (exact) mass is 335 g/mol. The molecule has 124 valence electrons. The lowest BCUT2D eigenvalue weighted by Crippen LogP contribution is -2.11. The molecule has 2 aromatic rings. The van der Waals surface area contributed by atoms with Crippen LogP contribution in [0.4, 0.5) is 5.69 Å². The van der Waals surface area contributed by atoms with E-state index >= 15 is 0 Å². The number of amides is 1. The SMILES string of the molecule is CCCCC(=O)Nc1ccc(OCCCl)c(-c2ccnn2C)c1. The van der Waals surface area contributed by atoms with Gasteiger partial charge in [-0.25, -0.2) is 0 Å². The molecule has 0 unspecified atom stereocenters. The number of unbranched alkanes of at least 4 members (excludes halogenated alkanes) is 1. The van der Waals surface area contributed by atoms with E-state index < -0.39 is 0 Å². The van der Waals surface area contributed by atoms with Gasteiger partial charge in [-0.1, -0.05) is 13.3 Å². The van der Waals surface area contributed by atoms with E-state index in [-0.39, 0.29) is 5.91 Å². The van der Waals surface area contributed by atoms with E-state index in [1.807, 2.05) is 31.3 Å². The van der Waals surface area contributed by atoms with Crippen LogP contribution in [0.15, 0.2) is 30.5 Å². The number of rotatable bonds is 8. The molecule has 0 aliphatic carbocycles. The van der Waals surface area contributed by atoms with Crippen LogP contribution >= 0.6 is 11.6 Å². The first kappa shape index (κ1) is 17.3. The van der Waals surface area contributed by atoms with Crippen LogP contribution < -0.4 is 10.1 Å². The number of aromatic nitrogens is 2. The first-order valence-electron chi connectivity index (χ1n) is 7.76. The largest absolute Gasteiger partial charge is 0.492 e. The Morgan fingerprint density at radius 1 is 1.39 bits per heavy atom. The molecular formula is C17H22ClN3O2. The second-order valence-corrected chi connectivity index (χ2v) is 5.62. The number of carbonyl (C=O) groups is 1. The summed E-state index contributed by atoms with van der Waals surface area (Å²) in [6, 6.07) is 7.51. The third kappa shape index (κ3) is 4.73. The smallest absolute Gasteiger partial charge is 0.224 e. The first-order valence-corrected chi connectivity index (χ1v) is 8.30. The number of aryl methyl sites for hydroxylation is 1. The Balaban J connectivity index is 2.26. The van der Waals surface area contributed by atoms with Crippen molar-refractivity contribution in [1.29, 1.82) is 0 Å². The Morgan fingerprint density at radius 3 is 2.87 bits per heavy atom. The van der Waals surface area contributed by atoms with Crippen LogP contribution in [0.5, 0.6) is 5.75 Å². The molecule has 0 radical (unpaired) electrons. The van der Waals surface area contributed by atoms with Crippen molar-refractivity contribution < 1.29 is 9.53 Å². The number of benzene rings is 1. The topological polar surface area (TPSA) is 56.1 Å². The van der Waals surface area contributed by atoms with Crippen molar-refractivity contribution in [2.75, 3.05) is 17.8 Å². The lowest BCUT2D eigenvalue weighted by molar-refractivity contribution is -0.116. The number of halogens is 1. The van der Waals surface area contributed by atoms with Crippen molar-refractivity contribution in [3.8, 4) is 17.0 Å². The maximum Gasteiger partial charge on any atom is 0.224 e. The minimum absolute atomic E-state index is 0.0252. The van der Waals surface area contributed by atoms with Gasteiger partial charge in [0, 0.05) is 30.9 Å². The molecule has 0 spiro atoms. The highest BCUT2D eigenvalue weighted by molar-refractivity contribution is 6.18. The minimum Gasteiger partial charge on any atom is -0.492 e. The molecule has 6 heteroatoms. The standard InChI is InChI=1S/C17H22ClN3O2/c1-3-4-5-17(22)20-13-6-7-16(23-11-9-18)14(12-13)15-8-10-19-21(15)2/h6-8,10,12H,3-5,9,11H2,1-2H3,(H,20,22). The number of carbonyl (C=O) groups excluding carboxylic acids is 1. The number of hydrogen-bond donors (Lipinski definition) is 1. The normalized spacial score (nSPS) is 10.6. The highest BCUT2D eigenvalue weighted by Gasteiger charge is 2.12. The predicted octanol–water partition coefficient (Wildman–Crippen LogP) is 3.83. The molecule has 0 saturated heterocycles. The minimum atomic E-state index is 0.0252. The van der Waals surface area contributed by atoms with E-state index in [0.717, 1.165) is 35.5 Å². The average Bonchev–Trinajstić information content (AvgIpc) is 2.97. The van der Waals surface area contributed by atoms with Gasteiger partial charge in [0.05, 0.1) is 11.6 Å². The number of nitrogens with zero attached hydrogens (tertiary/aromatic N) is 2. The lowest BCUT2D eigenvalue weighted by Gasteiger charge is -2.13. The molecule has 0 bridgehead atoms. The molecule has 1 aromatic carbocycles. The van der Waals surface area contributed by atoms with Crippen LogP contribution in [-0.2, 0) is 11.8 Å². The summed E-state index contributed by atoms with van der Waals surface area (Å²) in [6.07, 6.45) is 4.14. The van der Waals surface area contributed by atoms with Crippen molar-refractivity contribution >= 4 is 23.2 Å². The molecule has 0 atom stereocenters. The molecule has 2 rings (SSSR count). The molecule has 23 heavy (non-hydrogen) atoms. The second-order valence-electron chi connectivity index (χ2n) is 5.24. The summed E-state index contributed by atoms with van der Waals surface area (Å²) in [5.74, 6) is 1.17. The first-order chi connectivity index (χ1) is 11.2. The van der Waals surface area contributed by atoms with Crippen LogP contribution in [0.2, 0.25) is 0 Å². The highest BCUT2D eigenvalue weighted by atomic mass is 35.5. The summed E-state index contributed by atoms with van der Waals surface area (Å²) < 4.78 is 7.47. The maximum atomic E-state index is 11.9. The van der Waals surface area contributed by atoms with E-state index in [0.29, 0.717) is 18.9 Å². The van der Waals surface area contributed by atoms with Gasteiger partial charge in [0.15, 0.2) is 0 Å². The Morgan fingerprint density at radius 2 is 2.22 bits per heavy atom. The quantitative estimate of drug-likeness (QED) is 0.746. The number of alkyl halides is 1. The van der Waals surface area contributed by atoms with Gasteiger partial charge >= 0.3 is 0 Å². The Kier molecular flexibility index (Phi) is 6.47. The lowest BCUT2D eigenvalue weighted by atomic mass is 10.1. The third-order valence-corrected chi connectivity index (χ3v) is 3.61. The predicted molar refractivity (Wildman–Crippen MR) is 93.0 cm³/mol. The fourth-order valence-corrected chi connectivity index (χ4v) is 2.36. The summed E-state index contributed by atoms with van der Waals surface area (Å²) >= 11 is 5.71. The van der Waals surface area contributed by atoms with Gasteiger partial charge in [0.25, 0.3) is 0 Å². The molecule has 5 nitrogen and oxygen atoms in total. The molecule has 1 aromatic heterocycles. The number of ether oxygens (including phenoxy) is 1. The summed E-state index contributed by atoms with van der Waals surface area (Å²) in [6.45, 7) is 2.49. The number of anilines is 1. The van der Waals surface area contributed by atoms with Gasteiger partial charge in [-0.3, -0.25) is 9.48 Å². The Bertz CT molecular complexity index is 655. The van der Waals surface area contributed by atoms with E-state index in [1.54, 1.807) is 10.9 Å². The van der Waals surface area contributed by atoms with Crippen molar-refractivity contribution in [2.24, 2.45) is 7.05 Å². The zero-order valence-corrected chi connectivity index (χ0v) is 14.3. The molecular weight excluding hydrogens is 314 g/mol. The molecule has 1 N–H and O–H groups in total. The van der Waals surface area contributed by atoms with Crippen LogP contribution in [0, 0.1) is 0 Å². The molecule has 0 fully saturated rings. The molecule has 0 aliphatic rings. The fourth-order valence-electron chi connectivity index (χ4n) is 2.28. The molecule has 0 aliphatic heterocycles. The van der Waals surface area contributed by atoms with Crippen LogP contribution in [-0.4, -0.2) is 28.2 Å². The average molecular weight is 336 g/mol. The van der Waals surface area contributed by atoms with Crippen molar-refractivity contribution in [3.63, 3.8) is 0 Å². The fraction of sp³-hybridized carbons (Fsp3) is 0.412. The van der Waals surface area contributed by atoms with Gasteiger partial charge < -0.3 is 10.1 Å². The van der Waals surface area contributed by atoms with Crippen LogP contribution in [0.1, 0.15) is 26.2 Å². The van der Waals surface area contributed by atoms with E-state index in [1.165, 1.54) is 0 Å². The van der Waals surface area contributed by atoms with Gasteiger partial charge in [0.2, 0.25) is 5.91 Å². The summed E-state index contributed by atoms with van der Waals surface area (Å²) in [5.41, 5.74) is 2.54. The number of nitrogens with one attached hydrogen (secondary N) is 1. The van der Waals surface area contributed by atoms with Crippen molar-refractivity contribution in [2.45, 2.75) is 26.2 Å². The summed E-state index contributed by atoms with van der Waals surface area (Å²) in [7, 11) is 1.87. The molecule has 0 saturated carbocycles. The highest BCUT2D eigenvalue weighted by Crippen LogP contribution is 2.32. The number of hydrogen-bond acceptors (Lipinski definition) is 3. The Hall–Kier alpha value is -2.01. The van der Waals surface area contributed by atoms with Gasteiger partial charge in [-0.15, -0.1) is 11.6 Å². The van der Waals surface area contributed by atoms with Crippen LogP contribution in [0.25, 0.3) is 11.3 Å². The zero-order chi connectivity index (χ0) is 16.7. The summed E-state index contributed by atoms with van der Waals surface area (Å²) in [4.78, 5) is 11.9. The summed E-state index contributed by atoms with van der Waals surface area (Å²) in [5, 5.41) is 7.12. The van der Waals surface area contributed by atoms with Crippen LogP contribution in [0.3, 0.4) is 0 Å². The van der Waals surface area contributed by atoms with E-state index in [9.17, 15) is 4.79 Å². The van der Waals surface area contributed by atoms with E-state index in [4.69, 9.17) is 16.3 Å². The second kappa shape index (κ2) is 8.58. The zero-order valence-electron chi connectivity index (χ0n) is 13.5. The molecule has 1 amide bonds. The molecule has 1 heterocycles. The maximum absolute atomic E-state index is 11.9.